The second-order valence-corrected chi connectivity index (χ2v) is 6.81. The van der Waals surface area contributed by atoms with Gasteiger partial charge in [0.05, 0.1) is 19.2 Å². The summed E-state index contributed by atoms with van der Waals surface area (Å²) in [5.74, 6) is 0.245. The van der Waals surface area contributed by atoms with E-state index in [1.165, 1.54) is 20.1 Å². The van der Waals surface area contributed by atoms with Crippen LogP contribution in [0.15, 0.2) is 42.6 Å². The average Bonchev–Trinajstić information content (AvgIpc) is 2.73. The quantitative estimate of drug-likeness (QED) is 0.444. The lowest BCUT2D eigenvalue weighted by Crippen LogP contribution is -2.36. The summed E-state index contributed by atoms with van der Waals surface area (Å²) in [6.07, 6.45) is -1.18. The molecule has 31 heavy (non-hydrogen) atoms. The number of esters is 1. The number of carbonyl (C=O) groups excluding carboxylic acids is 2. The van der Waals surface area contributed by atoms with E-state index in [1.54, 1.807) is 31.2 Å². The summed E-state index contributed by atoms with van der Waals surface area (Å²) < 4.78 is 46.6. The zero-order chi connectivity index (χ0) is 23.0. The molecule has 0 saturated carbocycles. The van der Waals surface area contributed by atoms with Crippen molar-refractivity contribution in [2.75, 3.05) is 13.7 Å². The molecule has 0 spiro atoms. The first-order valence-corrected chi connectivity index (χ1v) is 9.46. The van der Waals surface area contributed by atoms with Crippen LogP contribution in [0.25, 0.3) is 0 Å². The third kappa shape index (κ3) is 7.89. The number of aromatic nitrogens is 1. The second kappa shape index (κ2) is 10.8. The van der Waals surface area contributed by atoms with Crippen molar-refractivity contribution >= 4 is 23.7 Å². The number of ether oxygens (including phenoxy) is 4. The monoisotopic (exact) mass is 458 g/mol. The van der Waals surface area contributed by atoms with E-state index in [0.29, 0.717) is 11.5 Å². The number of alkyl halides is 3. The van der Waals surface area contributed by atoms with E-state index >= 15 is 0 Å². The Bertz CT molecular complexity index is 875. The maximum Gasteiger partial charge on any atom is 0.406 e. The number of carbonyl (C=O) groups is 2. The number of methoxy groups -OCH3 is 1. The largest absolute Gasteiger partial charge is 0.479 e. The number of halogens is 3. The minimum absolute atomic E-state index is 0.0920. The fourth-order valence-electron chi connectivity index (χ4n) is 2.20. The normalized spacial score (nSPS) is 13.0. The molecular formula is C20H21ClF2N2O6. The highest BCUT2D eigenvalue weighted by Crippen LogP contribution is 2.32. The van der Waals surface area contributed by atoms with Gasteiger partial charge in [-0.2, -0.15) is 8.78 Å². The van der Waals surface area contributed by atoms with E-state index in [9.17, 15) is 18.4 Å². The van der Waals surface area contributed by atoms with Crippen molar-refractivity contribution in [3.8, 4) is 17.4 Å². The van der Waals surface area contributed by atoms with E-state index in [2.05, 4.69) is 15.0 Å². The summed E-state index contributed by atoms with van der Waals surface area (Å²) in [6, 6.07) is 8.61. The van der Waals surface area contributed by atoms with Gasteiger partial charge in [-0.15, -0.1) is 0 Å². The highest BCUT2D eigenvalue weighted by atomic mass is 35.5. The zero-order valence-corrected chi connectivity index (χ0v) is 17.7. The molecule has 11 heteroatoms. The second-order valence-electron chi connectivity index (χ2n) is 6.34. The molecule has 2 atom stereocenters. The van der Waals surface area contributed by atoms with Crippen LogP contribution in [0.4, 0.5) is 13.6 Å². The van der Waals surface area contributed by atoms with Gasteiger partial charge in [0.1, 0.15) is 17.6 Å². The first kappa shape index (κ1) is 24.1. The Kier molecular flexibility index (Phi) is 8.38. The highest BCUT2D eigenvalue weighted by Gasteiger charge is 2.28. The smallest absolute Gasteiger partial charge is 0.406 e. The number of nitrogens with zero attached hydrogens (tertiary/aromatic N) is 1. The van der Waals surface area contributed by atoms with Crippen molar-refractivity contribution in [2.45, 2.75) is 31.4 Å². The van der Waals surface area contributed by atoms with Crippen molar-refractivity contribution in [1.29, 1.82) is 0 Å². The predicted octanol–water partition coefficient (Wildman–Crippen LogP) is 4.22. The Labute approximate surface area is 182 Å². The van der Waals surface area contributed by atoms with E-state index in [1.807, 2.05) is 0 Å². The van der Waals surface area contributed by atoms with Crippen LogP contribution in [0.5, 0.6) is 17.4 Å². The molecule has 0 aliphatic rings. The third-order valence-corrected chi connectivity index (χ3v) is 4.01. The Hall–Kier alpha value is -3.14. The standard InChI is InChI=1S/C20H21ClF2N2O6/c1-12(10-25-19(27)28-3)29-18(26)13(2)30-15-5-7-16(8-6-15)31-17-9-4-14(11-24-17)20(21,22)23/h4-9,11-13H,10H2,1-3H3,(H,25,27). The van der Waals surface area contributed by atoms with Crippen LogP contribution in [0.1, 0.15) is 19.4 Å². The maximum absolute atomic E-state index is 13.0. The van der Waals surface area contributed by atoms with Gasteiger partial charge in [-0.3, -0.25) is 0 Å². The van der Waals surface area contributed by atoms with Gasteiger partial charge < -0.3 is 24.3 Å². The molecule has 2 aromatic rings. The minimum Gasteiger partial charge on any atom is -0.479 e. The van der Waals surface area contributed by atoms with Gasteiger partial charge in [0, 0.05) is 12.3 Å². The lowest BCUT2D eigenvalue weighted by Gasteiger charge is -2.18. The molecule has 2 rings (SSSR count). The molecule has 1 heterocycles. The number of hydrogen-bond acceptors (Lipinski definition) is 7. The van der Waals surface area contributed by atoms with Crippen LogP contribution >= 0.6 is 11.6 Å². The fourth-order valence-corrected chi connectivity index (χ4v) is 2.31. The van der Waals surface area contributed by atoms with Crippen LogP contribution in [0.2, 0.25) is 0 Å². The maximum atomic E-state index is 13.0. The lowest BCUT2D eigenvalue weighted by atomic mass is 10.3. The summed E-state index contributed by atoms with van der Waals surface area (Å²) in [6.45, 7) is 3.22. The van der Waals surface area contributed by atoms with E-state index in [-0.39, 0.29) is 12.4 Å². The van der Waals surface area contributed by atoms with Crippen molar-refractivity contribution in [1.82, 2.24) is 10.3 Å². The summed E-state index contributed by atoms with van der Waals surface area (Å²) in [4.78, 5) is 26.9. The zero-order valence-electron chi connectivity index (χ0n) is 16.9. The van der Waals surface area contributed by atoms with Gasteiger partial charge in [0.2, 0.25) is 5.88 Å². The molecule has 0 fully saturated rings. The van der Waals surface area contributed by atoms with Crippen molar-refractivity contribution in [2.24, 2.45) is 0 Å². The molecular weight excluding hydrogens is 438 g/mol. The van der Waals surface area contributed by atoms with Crippen molar-refractivity contribution in [3.05, 3.63) is 48.2 Å². The van der Waals surface area contributed by atoms with Crippen LogP contribution in [-0.2, 0) is 19.6 Å². The number of benzene rings is 1. The topological polar surface area (TPSA) is 96.0 Å². The minimum atomic E-state index is -3.50. The Balaban J connectivity index is 1.85. The van der Waals surface area contributed by atoms with E-state index in [4.69, 9.17) is 25.8 Å². The SMILES string of the molecule is COC(=O)NCC(C)OC(=O)C(C)Oc1ccc(Oc2ccc(C(F)(F)Cl)cn2)cc1. The molecule has 8 nitrogen and oxygen atoms in total. The Morgan fingerprint density at radius 2 is 1.77 bits per heavy atom. The number of hydrogen-bond donors (Lipinski definition) is 1. The molecule has 1 amide bonds. The summed E-state index contributed by atoms with van der Waals surface area (Å²) in [7, 11) is 1.23. The molecule has 168 valence electrons. The fraction of sp³-hybridized carbons (Fsp3) is 0.350. The van der Waals surface area contributed by atoms with Gasteiger partial charge >= 0.3 is 17.4 Å². The number of pyridine rings is 1. The molecule has 2 unspecified atom stereocenters. The molecule has 1 aromatic carbocycles. The molecule has 0 saturated heterocycles. The summed E-state index contributed by atoms with van der Waals surface area (Å²) in [5.41, 5.74) is -0.443. The van der Waals surface area contributed by atoms with Crippen LogP contribution in [0.3, 0.4) is 0 Å². The van der Waals surface area contributed by atoms with Crippen LogP contribution < -0.4 is 14.8 Å². The lowest BCUT2D eigenvalue weighted by molar-refractivity contribution is -0.155. The van der Waals surface area contributed by atoms with Crippen LogP contribution in [-0.4, -0.2) is 42.9 Å². The number of alkyl carbamates (subject to hydrolysis) is 1. The number of amides is 1. The van der Waals surface area contributed by atoms with Crippen LogP contribution in [0, 0.1) is 0 Å². The highest BCUT2D eigenvalue weighted by molar-refractivity contribution is 6.21. The summed E-state index contributed by atoms with van der Waals surface area (Å²) in [5, 5.41) is -1.08. The molecule has 0 aliphatic heterocycles. The predicted molar refractivity (Wildman–Crippen MR) is 107 cm³/mol. The first-order chi connectivity index (χ1) is 14.6. The molecule has 1 N–H and O–H groups in total. The first-order valence-electron chi connectivity index (χ1n) is 9.08. The van der Waals surface area contributed by atoms with Gasteiger partial charge in [-0.25, -0.2) is 14.6 Å². The van der Waals surface area contributed by atoms with Gasteiger partial charge in [0.15, 0.2) is 6.10 Å². The molecule has 0 aliphatic carbocycles. The summed E-state index contributed by atoms with van der Waals surface area (Å²) >= 11 is 4.93. The average molecular weight is 459 g/mol. The van der Waals surface area contributed by atoms with Gasteiger partial charge in [0.25, 0.3) is 0 Å². The van der Waals surface area contributed by atoms with E-state index < -0.39 is 35.2 Å². The molecule has 0 bridgehead atoms. The Morgan fingerprint density at radius 3 is 2.32 bits per heavy atom. The van der Waals surface area contributed by atoms with Crippen molar-refractivity contribution in [3.63, 3.8) is 0 Å². The van der Waals surface area contributed by atoms with Gasteiger partial charge in [-0.05, 0) is 55.8 Å². The number of nitrogens with one attached hydrogen (secondary N) is 1. The number of rotatable bonds is 9. The third-order valence-electron chi connectivity index (χ3n) is 3.79. The molecule has 0 radical (unpaired) electrons. The van der Waals surface area contributed by atoms with E-state index in [0.717, 1.165) is 12.3 Å². The van der Waals surface area contributed by atoms with Crippen molar-refractivity contribution < 1.29 is 37.3 Å². The molecule has 1 aromatic heterocycles. The Morgan fingerprint density at radius 1 is 1.13 bits per heavy atom. The van der Waals surface area contributed by atoms with Gasteiger partial charge in [-0.1, -0.05) is 0 Å².